The lowest BCUT2D eigenvalue weighted by molar-refractivity contribution is -0.384. The van der Waals surface area contributed by atoms with Crippen LogP contribution in [0.3, 0.4) is 0 Å². The molecule has 2 aromatic carbocycles. The molecule has 0 aromatic heterocycles. The van der Waals surface area contributed by atoms with Crippen molar-refractivity contribution >= 4 is 81.2 Å². The molecule has 25 heavy (non-hydrogen) atoms. The van der Waals surface area contributed by atoms with E-state index >= 15 is 0 Å². The Hall–Kier alpha value is -1.57. The lowest BCUT2D eigenvalue weighted by atomic mass is 10.1. The summed E-state index contributed by atoms with van der Waals surface area (Å²) in [5.74, 6) is -1.74. The molecular weight excluding hydrogens is 437 g/mol. The van der Waals surface area contributed by atoms with Crippen molar-refractivity contribution in [2.24, 2.45) is 0 Å². The number of benzene rings is 2. The van der Waals surface area contributed by atoms with Gasteiger partial charge in [0.25, 0.3) is 17.5 Å². The Balaban J connectivity index is 2.26. The van der Waals surface area contributed by atoms with E-state index < -0.39 is 16.7 Å². The molecule has 2 amide bonds. The lowest BCUT2D eigenvalue weighted by Gasteiger charge is -2.15. The van der Waals surface area contributed by atoms with E-state index in [1.807, 2.05) is 0 Å². The number of carbonyl (C=O) groups excluding carboxylic acids is 2. The van der Waals surface area contributed by atoms with Gasteiger partial charge in [0, 0.05) is 12.1 Å². The number of rotatable bonds is 2. The maximum atomic E-state index is 12.7. The quantitative estimate of drug-likeness (QED) is 0.198. The molecule has 0 atom stereocenters. The van der Waals surface area contributed by atoms with E-state index in [4.69, 9.17) is 58.0 Å². The van der Waals surface area contributed by atoms with Crippen LogP contribution < -0.4 is 4.90 Å². The van der Waals surface area contributed by atoms with Crippen LogP contribution in [0.2, 0.25) is 25.1 Å². The molecule has 0 radical (unpaired) electrons. The van der Waals surface area contributed by atoms with Crippen molar-refractivity contribution in [2.45, 2.75) is 0 Å². The molecule has 1 aliphatic heterocycles. The first kappa shape index (κ1) is 18.2. The number of nitro groups is 1. The standard InChI is InChI=1S/C14H3Cl5N2O4/c15-5-2-1-4(21(24)25)3-6(5)20-13(22)7-8(14(20)23)10(17)12(19)11(18)9(7)16/h1-3H. The third-order valence-electron chi connectivity index (χ3n) is 3.48. The Bertz CT molecular complexity index is 945. The smallest absolute Gasteiger partial charge is 0.268 e. The number of carbonyl (C=O) groups is 2. The molecular formula is C14H3Cl5N2O4. The van der Waals surface area contributed by atoms with Gasteiger partial charge in [-0.25, -0.2) is 4.90 Å². The van der Waals surface area contributed by atoms with E-state index in [2.05, 4.69) is 0 Å². The second kappa shape index (κ2) is 6.30. The predicted molar refractivity (Wildman–Crippen MR) is 95.7 cm³/mol. The van der Waals surface area contributed by atoms with Gasteiger partial charge in [-0.3, -0.25) is 19.7 Å². The third-order valence-corrected chi connectivity index (χ3v) is 5.60. The largest absolute Gasteiger partial charge is 0.271 e. The topological polar surface area (TPSA) is 80.5 Å². The van der Waals surface area contributed by atoms with Crippen LogP contribution in [0.25, 0.3) is 0 Å². The van der Waals surface area contributed by atoms with Gasteiger partial charge in [-0.15, -0.1) is 0 Å². The van der Waals surface area contributed by atoms with E-state index in [-0.39, 0.29) is 47.6 Å². The van der Waals surface area contributed by atoms with Gasteiger partial charge < -0.3 is 0 Å². The molecule has 0 unspecified atom stereocenters. The predicted octanol–water partition coefficient (Wildman–Crippen LogP) is 5.66. The van der Waals surface area contributed by atoms with Crippen molar-refractivity contribution in [3.8, 4) is 0 Å². The first-order valence-corrected chi connectivity index (χ1v) is 8.24. The lowest BCUT2D eigenvalue weighted by Crippen LogP contribution is -2.29. The summed E-state index contributed by atoms with van der Waals surface area (Å²) >= 11 is 29.9. The summed E-state index contributed by atoms with van der Waals surface area (Å²) in [6.07, 6.45) is 0. The highest BCUT2D eigenvalue weighted by Gasteiger charge is 2.43. The van der Waals surface area contributed by atoms with Gasteiger partial charge >= 0.3 is 0 Å². The number of halogens is 5. The highest BCUT2D eigenvalue weighted by molar-refractivity contribution is 6.56. The molecule has 0 aliphatic carbocycles. The molecule has 0 saturated heterocycles. The second-order valence-corrected chi connectivity index (χ2v) is 6.76. The molecule has 1 heterocycles. The van der Waals surface area contributed by atoms with Gasteiger partial charge in [-0.05, 0) is 6.07 Å². The van der Waals surface area contributed by atoms with Gasteiger partial charge in [0.2, 0.25) is 0 Å². The molecule has 11 heteroatoms. The van der Waals surface area contributed by atoms with Crippen molar-refractivity contribution in [1.82, 2.24) is 0 Å². The van der Waals surface area contributed by atoms with E-state index in [9.17, 15) is 19.7 Å². The Morgan fingerprint density at radius 3 is 1.76 bits per heavy atom. The van der Waals surface area contributed by atoms with Crippen LogP contribution in [0, 0.1) is 10.1 Å². The van der Waals surface area contributed by atoms with Gasteiger partial charge in [0.1, 0.15) is 0 Å². The first-order valence-electron chi connectivity index (χ1n) is 6.35. The Morgan fingerprint density at radius 2 is 1.32 bits per heavy atom. The zero-order valence-corrected chi connectivity index (χ0v) is 15.4. The van der Waals surface area contributed by atoms with Gasteiger partial charge in [0.15, 0.2) is 0 Å². The Labute approximate surface area is 164 Å². The van der Waals surface area contributed by atoms with E-state index in [1.165, 1.54) is 6.07 Å². The van der Waals surface area contributed by atoms with Crippen molar-refractivity contribution in [1.29, 1.82) is 0 Å². The van der Waals surface area contributed by atoms with Gasteiger partial charge in [0.05, 0.1) is 46.9 Å². The zero-order valence-electron chi connectivity index (χ0n) is 11.6. The van der Waals surface area contributed by atoms with Crippen LogP contribution in [-0.4, -0.2) is 16.7 Å². The molecule has 0 fully saturated rings. The van der Waals surface area contributed by atoms with Crippen LogP contribution >= 0.6 is 58.0 Å². The summed E-state index contributed by atoms with van der Waals surface area (Å²) < 4.78 is 0. The molecule has 6 nitrogen and oxygen atoms in total. The number of anilines is 1. The zero-order chi connectivity index (χ0) is 18.6. The van der Waals surface area contributed by atoms with Crippen LogP contribution in [0.15, 0.2) is 18.2 Å². The maximum Gasteiger partial charge on any atom is 0.271 e. The number of nitrogens with zero attached hydrogens (tertiary/aromatic N) is 2. The van der Waals surface area contributed by atoms with E-state index in [0.29, 0.717) is 4.90 Å². The fourth-order valence-electron chi connectivity index (χ4n) is 2.35. The first-order chi connectivity index (χ1) is 11.7. The van der Waals surface area contributed by atoms with Crippen LogP contribution in [0.4, 0.5) is 11.4 Å². The number of fused-ring (bicyclic) bond motifs is 1. The molecule has 3 rings (SSSR count). The normalized spacial score (nSPS) is 13.4. The number of imide groups is 1. The van der Waals surface area contributed by atoms with E-state index in [1.54, 1.807) is 0 Å². The molecule has 0 saturated carbocycles. The Kier molecular flexibility index (Phi) is 4.59. The van der Waals surface area contributed by atoms with E-state index in [0.717, 1.165) is 12.1 Å². The number of hydrogen-bond acceptors (Lipinski definition) is 4. The molecule has 0 bridgehead atoms. The monoisotopic (exact) mass is 438 g/mol. The highest BCUT2D eigenvalue weighted by atomic mass is 35.5. The molecule has 128 valence electrons. The molecule has 2 aromatic rings. The second-order valence-electron chi connectivity index (χ2n) is 4.84. The number of non-ortho nitro benzene ring substituents is 1. The van der Waals surface area contributed by atoms with Gasteiger partial charge in [-0.1, -0.05) is 58.0 Å². The van der Waals surface area contributed by atoms with Crippen molar-refractivity contribution in [2.75, 3.05) is 4.90 Å². The molecule has 0 N–H and O–H groups in total. The molecule has 0 spiro atoms. The fraction of sp³-hybridized carbons (Fsp3) is 0. The Morgan fingerprint density at radius 1 is 0.840 bits per heavy atom. The summed E-state index contributed by atoms with van der Waals surface area (Å²) in [6, 6.07) is 3.33. The summed E-state index contributed by atoms with van der Waals surface area (Å²) in [4.78, 5) is 36.3. The van der Waals surface area contributed by atoms with Crippen LogP contribution in [0.1, 0.15) is 20.7 Å². The van der Waals surface area contributed by atoms with Crippen molar-refractivity contribution < 1.29 is 14.5 Å². The summed E-state index contributed by atoms with van der Waals surface area (Å²) in [6.45, 7) is 0. The minimum Gasteiger partial charge on any atom is -0.268 e. The number of nitro benzene ring substituents is 1. The highest BCUT2D eigenvalue weighted by Crippen LogP contribution is 2.46. The average molecular weight is 440 g/mol. The minimum absolute atomic E-state index is 0.0513. The molecule has 1 aliphatic rings. The third kappa shape index (κ3) is 2.65. The minimum atomic E-state index is -0.868. The van der Waals surface area contributed by atoms with Crippen molar-refractivity contribution in [3.05, 3.63) is 64.6 Å². The summed E-state index contributed by atoms with van der Waals surface area (Å²) in [5.41, 5.74) is -1.02. The van der Waals surface area contributed by atoms with Crippen LogP contribution in [0.5, 0.6) is 0 Å². The SMILES string of the molecule is O=C1c2c(Cl)c(Cl)c(Cl)c(Cl)c2C(=O)N1c1cc([N+](=O)[O-])ccc1Cl. The average Bonchev–Trinajstić information content (AvgIpc) is 2.82. The maximum absolute atomic E-state index is 12.7. The summed E-state index contributed by atoms with van der Waals surface area (Å²) in [5, 5.41) is 10.1. The fourth-order valence-corrected chi connectivity index (χ4v) is 3.57. The van der Waals surface area contributed by atoms with Crippen LogP contribution in [-0.2, 0) is 0 Å². The van der Waals surface area contributed by atoms with Gasteiger partial charge in [-0.2, -0.15) is 0 Å². The van der Waals surface area contributed by atoms with Crippen molar-refractivity contribution in [3.63, 3.8) is 0 Å². The number of amides is 2. The number of hydrogen-bond donors (Lipinski definition) is 0. The summed E-state index contributed by atoms with van der Waals surface area (Å²) in [7, 11) is 0.